The first-order chi connectivity index (χ1) is 8.04. The molecule has 1 unspecified atom stereocenters. The van der Waals surface area contributed by atoms with E-state index < -0.39 is 0 Å². The Morgan fingerprint density at radius 1 is 1.29 bits per heavy atom. The summed E-state index contributed by atoms with van der Waals surface area (Å²) in [6.07, 6.45) is 1.12. The van der Waals surface area contributed by atoms with Gasteiger partial charge in [-0.1, -0.05) is 32.9 Å². The van der Waals surface area contributed by atoms with Gasteiger partial charge >= 0.3 is 0 Å². The van der Waals surface area contributed by atoms with Crippen molar-refractivity contribution in [3.05, 3.63) is 35.4 Å². The van der Waals surface area contributed by atoms with Gasteiger partial charge in [-0.05, 0) is 30.0 Å². The number of nitrogens with one attached hydrogen (secondary N) is 1. The van der Waals surface area contributed by atoms with Crippen LogP contribution in [0.5, 0.6) is 0 Å². The van der Waals surface area contributed by atoms with E-state index in [1.165, 1.54) is 5.56 Å². The first-order valence-electron chi connectivity index (χ1n) is 6.16. The molecule has 1 rings (SSSR count). The van der Waals surface area contributed by atoms with E-state index in [-0.39, 0.29) is 5.91 Å². The van der Waals surface area contributed by atoms with Crippen LogP contribution < -0.4 is 11.1 Å². The van der Waals surface area contributed by atoms with Crippen molar-refractivity contribution < 1.29 is 4.79 Å². The predicted octanol–water partition coefficient (Wildman–Crippen LogP) is 2.31. The van der Waals surface area contributed by atoms with Crippen molar-refractivity contribution in [1.29, 1.82) is 0 Å². The Balaban J connectivity index is 2.55. The average Bonchev–Trinajstić information content (AvgIpc) is 2.30. The molecule has 0 spiro atoms. The van der Waals surface area contributed by atoms with Crippen LogP contribution in [-0.2, 0) is 6.54 Å². The van der Waals surface area contributed by atoms with E-state index in [1.54, 1.807) is 12.1 Å². The number of primary amides is 1. The van der Waals surface area contributed by atoms with Crippen molar-refractivity contribution in [2.75, 3.05) is 0 Å². The molecule has 0 fully saturated rings. The first kappa shape index (κ1) is 13.7. The Morgan fingerprint density at radius 2 is 1.88 bits per heavy atom. The minimum Gasteiger partial charge on any atom is -0.366 e. The molecule has 0 heterocycles. The Kier molecular flexibility index (Phi) is 5.16. The molecule has 0 aliphatic carbocycles. The summed E-state index contributed by atoms with van der Waals surface area (Å²) in [5.74, 6) is 0.253. The maximum absolute atomic E-state index is 10.9. The molecule has 3 heteroatoms. The summed E-state index contributed by atoms with van der Waals surface area (Å²) in [5.41, 5.74) is 6.93. The summed E-state index contributed by atoms with van der Waals surface area (Å²) in [7, 11) is 0. The third-order valence-electron chi connectivity index (χ3n) is 3.05. The number of hydrogen-bond donors (Lipinski definition) is 2. The maximum Gasteiger partial charge on any atom is 0.248 e. The van der Waals surface area contributed by atoms with Crippen molar-refractivity contribution in [3.8, 4) is 0 Å². The summed E-state index contributed by atoms with van der Waals surface area (Å²) in [6, 6.07) is 7.97. The fraction of sp³-hybridized carbons (Fsp3) is 0.500. The van der Waals surface area contributed by atoms with Crippen LogP contribution in [0.4, 0.5) is 0 Å². The van der Waals surface area contributed by atoms with Crippen molar-refractivity contribution >= 4 is 5.91 Å². The van der Waals surface area contributed by atoms with Crippen molar-refractivity contribution in [1.82, 2.24) is 5.32 Å². The van der Waals surface area contributed by atoms with Crippen molar-refractivity contribution in [3.63, 3.8) is 0 Å². The first-order valence-corrected chi connectivity index (χ1v) is 6.16. The summed E-state index contributed by atoms with van der Waals surface area (Å²) in [5, 5.41) is 3.52. The topological polar surface area (TPSA) is 55.1 Å². The molecule has 0 saturated carbocycles. The van der Waals surface area contributed by atoms with Crippen LogP contribution in [0, 0.1) is 5.92 Å². The molecule has 94 valence electrons. The number of nitrogens with two attached hydrogens (primary N) is 1. The van der Waals surface area contributed by atoms with Crippen LogP contribution in [0.1, 0.15) is 43.1 Å². The molecule has 1 aromatic carbocycles. The van der Waals surface area contributed by atoms with E-state index in [2.05, 4.69) is 26.1 Å². The second-order valence-corrected chi connectivity index (χ2v) is 4.70. The predicted molar refractivity (Wildman–Crippen MR) is 70.7 cm³/mol. The van der Waals surface area contributed by atoms with E-state index in [4.69, 9.17) is 5.73 Å². The summed E-state index contributed by atoms with van der Waals surface area (Å²) in [4.78, 5) is 10.9. The normalized spacial score (nSPS) is 12.7. The molecule has 0 saturated heterocycles. The van der Waals surface area contributed by atoms with Gasteiger partial charge in [0.2, 0.25) is 5.91 Å². The van der Waals surface area contributed by atoms with Gasteiger partial charge in [-0.3, -0.25) is 4.79 Å². The van der Waals surface area contributed by atoms with E-state index in [9.17, 15) is 4.79 Å². The van der Waals surface area contributed by atoms with E-state index >= 15 is 0 Å². The molecule has 0 bridgehead atoms. The zero-order valence-electron chi connectivity index (χ0n) is 10.9. The largest absolute Gasteiger partial charge is 0.366 e. The number of carbonyl (C=O) groups is 1. The lowest BCUT2D eigenvalue weighted by molar-refractivity contribution is 0.100. The number of benzene rings is 1. The maximum atomic E-state index is 10.9. The van der Waals surface area contributed by atoms with Crippen molar-refractivity contribution in [2.24, 2.45) is 11.7 Å². The molecule has 3 nitrogen and oxygen atoms in total. The van der Waals surface area contributed by atoms with Gasteiger partial charge in [-0.25, -0.2) is 0 Å². The van der Waals surface area contributed by atoms with Gasteiger partial charge in [0.25, 0.3) is 0 Å². The van der Waals surface area contributed by atoms with Gasteiger partial charge in [0, 0.05) is 18.2 Å². The highest BCUT2D eigenvalue weighted by Crippen LogP contribution is 2.08. The number of hydrogen-bond acceptors (Lipinski definition) is 2. The van der Waals surface area contributed by atoms with Crippen LogP contribution in [0.3, 0.4) is 0 Å². The average molecular weight is 234 g/mol. The third kappa shape index (κ3) is 4.19. The third-order valence-corrected chi connectivity index (χ3v) is 3.05. The molecular formula is C14H22N2O. The Bertz CT molecular complexity index is 357. The van der Waals surface area contributed by atoms with Gasteiger partial charge in [0.1, 0.15) is 0 Å². The molecule has 0 aliphatic heterocycles. The fourth-order valence-corrected chi connectivity index (χ4v) is 1.89. The second kappa shape index (κ2) is 6.40. The van der Waals surface area contributed by atoms with Crippen LogP contribution in [0.15, 0.2) is 24.3 Å². The van der Waals surface area contributed by atoms with Crippen LogP contribution in [-0.4, -0.2) is 11.9 Å². The smallest absolute Gasteiger partial charge is 0.248 e. The molecule has 1 atom stereocenters. The highest BCUT2D eigenvalue weighted by molar-refractivity contribution is 5.92. The standard InChI is InChI=1S/C14H22N2O/c1-4-13(10(2)3)16-9-11-5-7-12(8-6-11)14(15)17/h5-8,10,13,16H,4,9H2,1-3H3,(H2,15,17). The highest BCUT2D eigenvalue weighted by atomic mass is 16.1. The van der Waals surface area contributed by atoms with E-state index in [0.717, 1.165) is 13.0 Å². The van der Waals surface area contributed by atoms with Gasteiger partial charge in [0.05, 0.1) is 0 Å². The zero-order chi connectivity index (χ0) is 12.8. The summed E-state index contributed by atoms with van der Waals surface area (Å²) in [6.45, 7) is 7.46. The van der Waals surface area contributed by atoms with Gasteiger partial charge < -0.3 is 11.1 Å². The van der Waals surface area contributed by atoms with E-state index in [0.29, 0.717) is 17.5 Å². The SMILES string of the molecule is CCC(NCc1ccc(C(N)=O)cc1)C(C)C. The monoisotopic (exact) mass is 234 g/mol. The number of amides is 1. The molecule has 1 aromatic rings. The van der Waals surface area contributed by atoms with Gasteiger partial charge in [-0.15, -0.1) is 0 Å². The lowest BCUT2D eigenvalue weighted by atomic mass is 10.0. The fourth-order valence-electron chi connectivity index (χ4n) is 1.89. The molecule has 17 heavy (non-hydrogen) atoms. The second-order valence-electron chi connectivity index (χ2n) is 4.70. The lowest BCUT2D eigenvalue weighted by Crippen LogP contribution is -2.32. The molecule has 3 N–H and O–H groups in total. The number of rotatable bonds is 6. The molecular weight excluding hydrogens is 212 g/mol. The Hall–Kier alpha value is -1.35. The van der Waals surface area contributed by atoms with Crippen LogP contribution in [0.25, 0.3) is 0 Å². The molecule has 0 radical (unpaired) electrons. The van der Waals surface area contributed by atoms with Crippen molar-refractivity contribution in [2.45, 2.75) is 39.8 Å². The Labute approximate surface area is 103 Å². The quantitative estimate of drug-likeness (QED) is 0.793. The molecule has 1 amide bonds. The zero-order valence-corrected chi connectivity index (χ0v) is 10.9. The summed E-state index contributed by atoms with van der Waals surface area (Å²) >= 11 is 0. The minimum absolute atomic E-state index is 0.377. The molecule has 0 aliphatic rings. The van der Waals surface area contributed by atoms with Gasteiger partial charge in [-0.2, -0.15) is 0 Å². The van der Waals surface area contributed by atoms with Gasteiger partial charge in [0.15, 0.2) is 0 Å². The lowest BCUT2D eigenvalue weighted by Gasteiger charge is -2.20. The molecule has 0 aromatic heterocycles. The summed E-state index contributed by atoms with van der Waals surface area (Å²) < 4.78 is 0. The van der Waals surface area contributed by atoms with Crippen LogP contribution >= 0.6 is 0 Å². The number of carbonyl (C=O) groups excluding carboxylic acids is 1. The van der Waals surface area contributed by atoms with E-state index in [1.807, 2.05) is 12.1 Å². The minimum atomic E-state index is -0.377. The Morgan fingerprint density at radius 3 is 2.29 bits per heavy atom. The highest BCUT2D eigenvalue weighted by Gasteiger charge is 2.09. The van der Waals surface area contributed by atoms with Crippen LogP contribution in [0.2, 0.25) is 0 Å².